The first-order valence-electron chi connectivity index (χ1n) is 9.56. The SMILES string of the molecule is CCCCCCCCCC(CCCOCC1CO1)C(OC)OC. The molecule has 0 N–H and O–H groups in total. The van der Waals surface area contributed by atoms with Gasteiger partial charge in [-0.1, -0.05) is 51.9 Å². The molecule has 138 valence electrons. The Hall–Kier alpha value is -0.160. The topological polar surface area (TPSA) is 40.2 Å². The van der Waals surface area contributed by atoms with Crippen molar-refractivity contribution in [1.82, 2.24) is 0 Å². The zero-order chi connectivity index (χ0) is 16.8. The minimum Gasteiger partial charge on any atom is -0.379 e. The van der Waals surface area contributed by atoms with Crippen LogP contribution in [0.2, 0.25) is 0 Å². The van der Waals surface area contributed by atoms with E-state index in [4.69, 9.17) is 18.9 Å². The van der Waals surface area contributed by atoms with Gasteiger partial charge in [-0.25, -0.2) is 0 Å². The molecule has 0 radical (unpaired) electrons. The van der Waals surface area contributed by atoms with Gasteiger partial charge in [0, 0.05) is 26.7 Å². The molecule has 0 amide bonds. The maximum absolute atomic E-state index is 5.63. The minimum absolute atomic E-state index is 0.0816. The fourth-order valence-electron chi connectivity index (χ4n) is 3.09. The van der Waals surface area contributed by atoms with Gasteiger partial charge in [0.2, 0.25) is 0 Å². The number of epoxide rings is 1. The van der Waals surface area contributed by atoms with Crippen LogP contribution in [-0.4, -0.2) is 46.4 Å². The average molecular weight is 331 g/mol. The summed E-state index contributed by atoms with van der Waals surface area (Å²) in [6.45, 7) is 4.70. The van der Waals surface area contributed by atoms with Crippen LogP contribution in [0, 0.1) is 5.92 Å². The molecule has 2 atom stereocenters. The molecular weight excluding hydrogens is 292 g/mol. The number of methoxy groups -OCH3 is 2. The molecule has 1 rings (SSSR count). The highest BCUT2D eigenvalue weighted by atomic mass is 16.7. The van der Waals surface area contributed by atoms with E-state index < -0.39 is 0 Å². The zero-order valence-corrected chi connectivity index (χ0v) is 15.6. The Morgan fingerprint density at radius 3 is 2.13 bits per heavy atom. The molecule has 0 aromatic rings. The summed E-state index contributed by atoms with van der Waals surface area (Å²) in [4.78, 5) is 0. The lowest BCUT2D eigenvalue weighted by Crippen LogP contribution is -2.25. The molecule has 0 saturated carbocycles. The maximum atomic E-state index is 5.63. The van der Waals surface area contributed by atoms with Gasteiger partial charge in [0.15, 0.2) is 6.29 Å². The van der Waals surface area contributed by atoms with Crippen LogP contribution in [0.25, 0.3) is 0 Å². The minimum atomic E-state index is -0.0816. The molecule has 4 heteroatoms. The standard InChI is InChI=1S/C19H38O4/c1-4-5-6-7-8-9-10-12-17(19(20-2)21-3)13-11-14-22-15-18-16-23-18/h17-19H,4-16H2,1-3H3. The van der Waals surface area contributed by atoms with Crippen molar-refractivity contribution < 1.29 is 18.9 Å². The molecule has 1 aliphatic heterocycles. The fraction of sp³-hybridized carbons (Fsp3) is 1.00. The highest BCUT2D eigenvalue weighted by Crippen LogP contribution is 2.23. The Morgan fingerprint density at radius 2 is 1.52 bits per heavy atom. The first kappa shape index (κ1) is 20.9. The molecule has 23 heavy (non-hydrogen) atoms. The molecule has 0 aromatic carbocycles. The van der Waals surface area contributed by atoms with Gasteiger partial charge in [-0.05, 0) is 19.3 Å². The molecule has 4 nitrogen and oxygen atoms in total. The van der Waals surface area contributed by atoms with E-state index in [9.17, 15) is 0 Å². The maximum Gasteiger partial charge on any atom is 0.159 e. The van der Waals surface area contributed by atoms with E-state index in [0.717, 1.165) is 32.7 Å². The van der Waals surface area contributed by atoms with Crippen molar-refractivity contribution in [3.8, 4) is 0 Å². The molecule has 1 fully saturated rings. The molecule has 0 spiro atoms. The van der Waals surface area contributed by atoms with Crippen molar-refractivity contribution >= 4 is 0 Å². The second-order valence-corrected chi connectivity index (χ2v) is 6.68. The molecule has 1 saturated heterocycles. The van der Waals surface area contributed by atoms with Crippen molar-refractivity contribution in [2.24, 2.45) is 5.92 Å². The van der Waals surface area contributed by atoms with Crippen LogP contribution in [0.4, 0.5) is 0 Å². The number of hydrogen-bond acceptors (Lipinski definition) is 4. The average Bonchev–Trinajstić information content (AvgIpc) is 3.38. The van der Waals surface area contributed by atoms with Gasteiger partial charge >= 0.3 is 0 Å². The fourth-order valence-corrected chi connectivity index (χ4v) is 3.09. The quantitative estimate of drug-likeness (QED) is 0.223. The van der Waals surface area contributed by atoms with Crippen LogP contribution in [0.1, 0.15) is 71.1 Å². The van der Waals surface area contributed by atoms with Crippen LogP contribution in [0.5, 0.6) is 0 Å². The summed E-state index contributed by atoms with van der Waals surface area (Å²) >= 11 is 0. The summed E-state index contributed by atoms with van der Waals surface area (Å²) in [5.41, 5.74) is 0. The van der Waals surface area contributed by atoms with Gasteiger partial charge < -0.3 is 18.9 Å². The van der Waals surface area contributed by atoms with Crippen molar-refractivity contribution in [2.75, 3.05) is 34.0 Å². The third-order valence-corrected chi connectivity index (χ3v) is 4.60. The summed E-state index contributed by atoms with van der Waals surface area (Å²) in [5, 5.41) is 0. The summed E-state index contributed by atoms with van der Waals surface area (Å²) in [6, 6.07) is 0. The van der Waals surface area contributed by atoms with E-state index in [1.165, 1.54) is 51.4 Å². The first-order valence-corrected chi connectivity index (χ1v) is 9.56. The summed E-state index contributed by atoms with van der Waals surface area (Å²) < 4.78 is 21.8. The van der Waals surface area contributed by atoms with Crippen LogP contribution in [0.3, 0.4) is 0 Å². The third-order valence-electron chi connectivity index (χ3n) is 4.60. The number of unbranched alkanes of at least 4 members (excludes halogenated alkanes) is 6. The highest BCUT2D eigenvalue weighted by Gasteiger charge is 2.23. The molecular formula is C19H38O4. The van der Waals surface area contributed by atoms with Crippen molar-refractivity contribution in [2.45, 2.75) is 83.5 Å². The van der Waals surface area contributed by atoms with E-state index in [0.29, 0.717) is 12.0 Å². The number of rotatable bonds is 17. The van der Waals surface area contributed by atoms with Crippen LogP contribution >= 0.6 is 0 Å². The van der Waals surface area contributed by atoms with E-state index in [1.807, 2.05) is 0 Å². The predicted octanol–water partition coefficient (Wildman–Crippen LogP) is 4.56. The molecule has 0 bridgehead atoms. The molecule has 0 aromatic heterocycles. The number of ether oxygens (including phenoxy) is 4. The summed E-state index contributed by atoms with van der Waals surface area (Å²) in [5.74, 6) is 0.474. The van der Waals surface area contributed by atoms with E-state index in [2.05, 4.69) is 6.92 Å². The van der Waals surface area contributed by atoms with E-state index in [-0.39, 0.29) is 6.29 Å². The Bertz CT molecular complexity index is 252. The first-order chi connectivity index (χ1) is 11.3. The van der Waals surface area contributed by atoms with E-state index in [1.54, 1.807) is 14.2 Å². The lowest BCUT2D eigenvalue weighted by molar-refractivity contribution is -0.141. The van der Waals surface area contributed by atoms with E-state index >= 15 is 0 Å². The smallest absolute Gasteiger partial charge is 0.159 e. The normalized spacial score (nSPS) is 18.5. The Morgan fingerprint density at radius 1 is 0.913 bits per heavy atom. The van der Waals surface area contributed by atoms with Gasteiger partial charge in [-0.3, -0.25) is 0 Å². The van der Waals surface area contributed by atoms with Crippen molar-refractivity contribution in [3.63, 3.8) is 0 Å². The lowest BCUT2D eigenvalue weighted by Gasteiger charge is -2.24. The summed E-state index contributed by atoms with van der Waals surface area (Å²) in [7, 11) is 3.49. The zero-order valence-electron chi connectivity index (χ0n) is 15.6. The molecule has 1 heterocycles. The Balaban J connectivity index is 2.09. The second kappa shape index (κ2) is 14.2. The third kappa shape index (κ3) is 11.1. The Labute approximate surface area is 143 Å². The Kier molecular flexibility index (Phi) is 12.9. The summed E-state index contributed by atoms with van der Waals surface area (Å²) in [6.07, 6.45) is 13.1. The van der Waals surface area contributed by atoms with Gasteiger partial charge in [-0.2, -0.15) is 0 Å². The molecule has 2 unspecified atom stereocenters. The van der Waals surface area contributed by atoms with Gasteiger partial charge in [0.05, 0.1) is 13.2 Å². The van der Waals surface area contributed by atoms with Gasteiger partial charge in [0.25, 0.3) is 0 Å². The van der Waals surface area contributed by atoms with Crippen LogP contribution in [-0.2, 0) is 18.9 Å². The molecule has 1 aliphatic rings. The number of hydrogen-bond donors (Lipinski definition) is 0. The lowest BCUT2D eigenvalue weighted by atomic mass is 9.95. The largest absolute Gasteiger partial charge is 0.379 e. The van der Waals surface area contributed by atoms with Crippen LogP contribution < -0.4 is 0 Å². The predicted molar refractivity (Wildman–Crippen MR) is 93.7 cm³/mol. The van der Waals surface area contributed by atoms with Crippen molar-refractivity contribution in [3.05, 3.63) is 0 Å². The second-order valence-electron chi connectivity index (χ2n) is 6.68. The monoisotopic (exact) mass is 330 g/mol. The highest BCUT2D eigenvalue weighted by molar-refractivity contribution is 4.68. The van der Waals surface area contributed by atoms with Crippen LogP contribution in [0.15, 0.2) is 0 Å². The van der Waals surface area contributed by atoms with Gasteiger partial charge in [-0.15, -0.1) is 0 Å². The molecule has 0 aliphatic carbocycles. The van der Waals surface area contributed by atoms with Crippen molar-refractivity contribution in [1.29, 1.82) is 0 Å². The van der Waals surface area contributed by atoms with Gasteiger partial charge in [0.1, 0.15) is 6.10 Å².